The summed E-state index contributed by atoms with van der Waals surface area (Å²) in [6, 6.07) is 3.37. The van der Waals surface area contributed by atoms with Gasteiger partial charge in [0.25, 0.3) is 0 Å². The molecule has 1 amide bonds. The highest BCUT2D eigenvalue weighted by Crippen LogP contribution is 2.37. The van der Waals surface area contributed by atoms with Crippen LogP contribution < -0.4 is 15.4 Å². The Kier molecular flexibility index (Phi) is 12.4. The predicted octanol–water partition coefficient (Wildman–Crippen LogP) is 5.67. The zero-order valence-corrected chi connectivity index (χ0v) is 27.3. The molecule has 1 saturated heterocycles. The van der Waals surface area contributed by atoms with Crippen LogP contribution in [0.5, 0.6) is 5.75 Å². The van der Waals surface area contributed by atoms with Gasteiger partial charge in [0, 0.05) is 19.3 Å². The largest absolute Gasteiger partial charge is 0.495 e. The molecule has 3 N–H and O–H groups in total. The molecule has 1 aromatic carbocycles. The van der Waals surface area contributed by atoms with E-state index in [2.05, 4.69) is 15.6 Å². The zero-order valence-electron chi connectivity index (χ0n) is 26.5. The lowest BCUT2D eigenvalue weighted by molar-refractivity contribution is -0.164. The zero-order chi connectivity index (χ0) is 31.8. The number of carbonyl (C=O) groups excluding carboxylic acids is 2. The van der Waals surface area contributed by atoms with Crippen LogP contribution in [0.25, 0.3) is 0 Å². The lowest BCUT2D eigenvalue weighted by Crippen LogP contribution is -2.66. The number of likely N-dealkylation sites (N-methyl/N-ethyl adjacent to an activating group) is 1. The van der Waals surface area contributed by atoms with Gasteiger partial charge in [0.2, 0.25) is 0 Å². The highest BCUT2D eigenvalue weighted by atomic mass is 35.5. The topological polar surface area (TPSA) is 118 Å². The summed E-state index contributed by atoms with van der Waals surface area (Å²) in [5.74, 6) is 0.549. The van der Waals surface area contributed by atoms with Crippen LogP contribution in [0.15, 0.2) is 40.9 Å². The number of ketones is 1. The van der Waals surface area contributed by atoms with Crippen LogP contribution in [0.2, 0.25) is 5.02 Å². The third-order valence-corrected chi connectivity index (χ3v) is 8.69. The van der Waals surface area contributed by atoms with Gasteiger partial charge in [-0.1, -0.05) is 55.3 Å². The van der Waals surface area contributed by atoms with E-state index >= 15 is 0 Å². The van der Waals surface area contributed by atoms with Gasteiger partial charge < -0.3 is 24.6 Å². The number of nitrogens with one attached hydrogen (secondary N) is 2. The van der Waals surface area contributed by atoms with Crippen molar-refractivity contribution in [1.82, 2.24) is 10.6 Å². The van der Waals surface area contributed by atoms with Crippen molar-refractivity contribution >= 4 is 29.7 Å². The van der Waals surface area contributed by atoms with Crippen LogP contribution in [0.4, 0.5) is 4.79 Å². The van der Waals surface area contributed by atoms with Crippen molar-refractivity contribution in [3.63, 3.8) is 0 Å². The summed E-state index contributed by atoms with van der Waals surface area (Å²) in [6.45, 7) is 10.1. The molecule has 0 spiro atoms. The first-order chi connectivity index (χ1) is 20.4. The molecule has 0 radical (unpaired) electrons. The van der Waals surface area contributed by atoms with Crippen molar-refractivity contribution in [1.29, 1.82) is 0 Å². The lowest BCUT2D eigenvalue weighted by Gasteiger charge is -2.44. The number of allylic oxidation sites excluding steroid dienone is 3. The normalized spacial score (nSPS) is 31.2. The average molecular weight is 618 g/mol. The van der Waals surface area contributed by atoms with Gasteiger partial charge >= 0.3 is 6.09 Å². The van der Waals surface area contributed by atoms with E-state index in [4.69, 9.17) is 25.8 Å². The molecule has 4 bridgehead atoms. The van der Waals surface area contributed by atoms with E-state index in [-0.39, 0.29) is 24.5 Å². The average Bonchev–Trinajstić information content (AvgIpc) is 2.95. The number of benzene rings is 1. The quantitative estimate of drug-likeness (QED) is 0.364. The first kappa shape index (κ1) is 34.8. The number of hydrogen-bond acceptors (Lipinski definition) is 8. The van der Waals surface area contributed by atoms with Crippen LogP contribution in [0.3, 0.4) is 0 Å². The SMILES string of the molecule is CC=NCC1(C)CCC(=O)CC(C)c2cc(cc(OC)c2Cl)CC(C)=CC=CC(NC)C2(O)CC(OC(=O)N2)C(CC)O1. The highest BCUT2D eigenvalue weighted by Gasteiger charge is 2.47. The molecule has 2 aliphatic rings. The smallest absolute Gasteiger partial charge is 0.409 e. The van der Waals surface area contributed by atoms with E-state index < -0.39 is 35.7 Å². The number of ether oxygens (including phenoxy) is 3. The Hall–Kier alpha value is -2.72. The lowest BCUT2D eigenvalue weighted by atomic mass is 9.89. The number of rotatable bonds is 5. The van der Waals surface area contributed by atoms with E-state index in [0.29, 0.717) is 43.0 Å². The Bertz CT molecular complexity index is 1230. The maximum Gasteiger partial charge on any atom is 0.409 e. The molecular formula is C33H48ClN3O6. The second-order valence-corrected chi connectivity index (χ2v) is 12.4. The number of amides is 1. The first-order valence-corrected chi connectivity index (χ1v) is 15.5. The fourth-order valence-corrected chi connectivity index (χ4v) is 6.23. The summed E-state index contributed by atoms with van der Waals surface area (Å²) in [5, 5.41) is 17.9. The summed E-state index contributed by atoms with van der Waals surface area (Å²) < 4.78 is 17.9. The molecule has 0 aromatic heterocycles. The van der Waals surface area contributed by atoms with E-state index in [9.17, 15) is 14.7 Å². The number of fused-ring (bicyclic) bond motifs is 4. The molecule has 238 valence electrons. The molecule has 9 nitrogen and oxygen atoms in total. The monoisotopic (exact) mass is 617 g/mol. The molecule has 2 heterocycles. The van der Waals surface area contributed by atoms with Gasteiger partial charge in [-0.3, -0.25) is 15.1 Å². The molecule has 6 atom stereocenters. The Morgan fingerprint density at radius 3 is 2.72 bits per heavy atom. The van der Waals surface area contributed by atoms with E-state index in [1.807, 2.05) is 65.0 Å². The number of hydrogen-bond donors (Lipinski definition) is 3. The van der Waals surface area contributed by atoms with Crippen LogP contribution >= 0.6 is 11.6 Å². The number of halogens is 1. The van der Waals surface area contributed by atoms with Gasteiger partial charge in [0.05, 0.1) is 36.4 Å². The van der Waals surface area contributed by atoms with Crippen LogP contribution in [0, 0.1) is 0 Å². The van der Waals surface area contributed by atoms with E-state index in [1.165, 1.54) is 0 Å². The van der Waals surface area contributed by atoms with Crippen molar-refractivity contribution in [3.8, 4) is 5.75 Å². The summed E-state index contributed by atoms with van der Waals surface area (Å²) in [7, 11) is 3.32. The standard InChI is InChI=1S/C33H48ClN3O6/c1-8-26-28-19-33(40,37-31(39)42-28)29(35-6)12-10-11-21(3)15-23-17-25(30(34)27(18-23)41-7)22(4)16-24(38)13-14-32(5,43-26)20-36-9-2/h9-12,17-18,22,26,28-29,35,40H,8,13-16,19-20H2,1-7H3,(H,37,39). The fourth-order valence-electron chi connectivity index (χ4n) is 5.85. The molecule has 2 aliphatic heterocycles. The summed E-state index contributed by atoms with van der Waals surface area (Å²) in [6.07, 6.45) is 7.73. The number of alkyl carbamates (subject to hydrolysis) is 1. The number of aliphatic imine (C=N–C) groups is 1. The second kappa shape index (κ2) is 15.3. The third kappa shape index (κ3) is 9.14. The van der Waals surface area contributed by atoms with Gasteiger partial charge in [0.1, 0.15) is 17.6 Å². The van der Waals surface area contributed by atoms with Crippen molar-refractivity contribution in [2.45, 2.75) is 109 Å². The van der Waals surface area contributed by atoms with Gasteiger partial charge in [-0.25, -0.2) is 4.79 Å². The Morgan fingerprint density at radius 2 is 2.07 bits per heavy atom. The Morgan fingerprint density at radius 1 is 1.33 bits per heavy atom. The molecule has 0 aliphatic carbocycles. The van der Waals surface area contributed by atoms with Gasteiger partial charge in [0.15, 0.2) is 5.72 Å². The Labute approximate surface area is 261 Å². The number of carbonyl (C=O) groups is 2. The van der Waals surface area contributed by atoms with Gasteiger partial charge in [-0.2, -0.15) is 0 Å². The van der Waals surface area contributed by atoms with Crippen molar-refractivity contribution in [3.05, 3.63) is 52.1 Å². The minimum Gasteiger partial charge on any atom is -0.495 e. The fraction of sp³-hybridized carbons (Fsp3) is 0.606. The highest BCUT2D eigenvalue weighted by molar-refractivity contribution is 6.33. The maximum atomic E-state index is 13.3. The second-order valence-electron chi connectivity index (χ2n) is 12.0. The van der Waals surface area contributed by atoms with Gasteiger partial charge in [-0.15, -0.1) is 0 Å². The van der Waals surface area contributed by atoms with E-state index in [0.717, 1.165) is 16.7 Å². The molecule has 10 heteroatoms. The van der Waals surface area contributed by atoms with E-state index in [1.54, 1.807) is 20.4 Å². The van der Waals surface area contributed by atoms with Crippen LogP contribution in [-0.4, -0.2) is 73.5 Å². The molecule has 1 fully saturated rings. The summed E-state index contributed by atoms with van der Waals surface area (Å²) in [5.41, 5.74) is 0.537. The molecule has 1 aromatic rings. The number of Topliss-reactive ketones (excluding diaryl/α,β-unsaturated/α-hetero) is 1. The molecule has 3 rings (SSSR count). The van der Waals surface area contributed by atoms with Crippen molar-refractivity contribution in [2.24, 2.45) is 4.99 Å². The first-order valence-electron chi connectivity index (χ1n) is 15.1. The number of nitrogens with zero attached hydrogens (tertiary/aromatic N) is 1. The minimum atomic E-state index is -1.62. The molecular weight excluding hydrogens is 570 g/mol. The molecule has 43 heavy (non-hydrogen) atoms. The Balaban J connectivity index is 2.06. The van der Waals surface area contributed by atoms with Crippen molar-refractivity contribution in [2.75, 3.05) is 20.7 Å². The maximum absolute atomic E-state index is 13.3. The molecule has 0 saturated carbocycles. The summed E-state index contributed by atoms with van der Waals surface area (Å²) >= 11 is 6.73. The summed E-state index contributed by atoms with van der Waals surface area (Å²) in [4.78, 5) is 30.5. The van der Waals surface area contributed by atoms with Crippen molar-refractivity contribution < 1.29 is 28.9 Å². The van der Waals surface area contributed by atoms with Gasteiger partial charge in [-0.05, 0) is 76.4 Å². The predicted molar refractivity (Wildman–Crippen MR) is 170 cm³/mol. The molecule has 6 unspecified atom stereocenters. The number of methoxy groups -OCH3 is 1. The third-order valence-electron chi connectivity index (χ3n) is 8.29. The minimum absolute atomic E-state index is 0.0893. The van der Waals surface area contributed by atoms with Crippen LogP contribution in [0.1, 0.15) is 83.8 Å². The van der Waals surface area contributed by atoms with Crippen LogP contribution in [-0.2, 0) is 20.7 Å². The number of aliphatic hydroxyl groups is 1.